The van der Waals surface area contributed by atoms with Crippen molar-refractivity contribution in [3.8, 4) is 0 Å². The molecule has 0 aliphatic heterocycles. The van der Waals surface area contributed by atoms with Gasteiger partial charge in [0.05, 0.1) is 0 Å². The summed E-state index contributed by atoms with van der Waals surface area (Å²) in [5.41, 5.74) is 2.20. The van der Waals surface area contributed by atoms with Crippen LogP contribution in [0.4, 0.5) is 0 Å². The molecule has 0 bridgehead atoms. The van der Waals surface area contributed by atoms with Gasteiger partial charge in [-0.15, -0.1) is 0 Å². The number of rotatable bonds is 3. The lowest BCUT2D eigenvalue weighted by atomic mass is 9.95. The molecule has 0 aliphatic carbocycles. The van der Waals surface area contributed by atoms with E-state index in [2.05, 4.69) is 13.8 Å². The smallest absolute Gasteiger partial charge is 0.0497 e. The van der Waals surface area contributed by atoms with E-state index < -0.39 is 0 Å². The third kappa shape index (κ3) is 2.28. The Bertz CT molecular complexity index is 307. The van der Waals surface area contributed by atoms with Crippen LogP contribution in [0.3, 0.4) is 0 Å². The molecule has 1 aromatic rings. The molecule has 0 saturated carbocycles. The van der Waals surface area contributed by atoms with Gasteiger partial charge in [-0.2, -0.15) is 0 Å². The van der Waals surface area contributed by atoms with Crippen LogP contribution in [0.2, 0.25) is 5.02 Å². The fourth-order valence-electron chi connectivity index (χ4n) is 1.49. The van der Waals surface area contributed by atoms with Crippen LogP contribution in [-0.4, -0.2) is 11.7 Å². The third-order valence-corrected chi connectivity index (χ3v) is 2.92. The zero-order valence-electron chi connectivity index (χ0n) is 8.92. The van der Waals surface area contributed by atoms with Gasteiger partial charge in [-0.25, -0.2) is 0 Å². The summed E-state index contributed by atoms with van der Waals surface area (Å²) in [7, 11) is 0. The van der Waals surface area contributed by atoms with Gasteiger partial charge < -0.3 is 5.11 Å². The molecule has 0 radical (unpaired) electrons. The normalized spacial score (nSPS) is 13.3. The molecule has 1 nitrogen and oxygen atoms in total. The third-order valence-electron chi connectivity index (χ3n) is 2.49. The fourth-order valence-corrected chi connectivity index (χ4v) is 2.02. The van der Waals surface area contributed by atoms with Gasteiger partial charge in [-0.1, -0.05) is 50.6 Å². The molecule has 1 rings (SSSR count). The zero-order valence-corrected chi connectivity index (χ0v) is 9.67. The van der Waals surface area contributed by atoms with Gasteiger partial charge in [0.25, 0.3) is 0 Å². The Kier molecular flexibility index (Phi) is 3.97. The molecule has 14 heavy (non-hydrogen) atoms. The Hall–Kier alpha value is -0.530. The number of benzene rings is 1. The first-order valence-electron chi connectivity index (χ1n) is 4.97. The Morgan fingerprint density at radius 2 is 1.79 bits per heavy atom. The summed E-state index contributed by atoms with van der Waals surface area (Å²) in [5, 5.41) is 9.89. The maximum absolute atomic E-state index is 9.08. The first-order valence-corrected chi connectivity index (χ1v) is 5.34. The highest BCUT2D eigenvalue weighted by Crippen LogP contribution is 2.31. The summed E-state index contributed by atoms with van der Waals surface area (Å²) >= 11 is 6.27. The van der Waals surface area contributed by atoms with Gasteiger partial charge in [0.2, 0.25) is 0 Å². The topological polar surface area (TPSA) is 20.2 Å². The summed E-state index contributed by atoms with van der Waals surface area (Å²) in [6, 6.07) is 6.03. The number of aliphatic hydroxyl groups excluding tert-OH is 1. The van der Waals surface area contributed by atoms with Crippen molar-refractivity contribution in [1.82, 2.24) is 0 Å². The molecule has 0 spiro atoms. The highest BCUT2D eigenvalue weighted by molar-refractivity contribution is 6.32. The average Bonchev–Trinajstić information content (AvgIpc) is 2.16. The summed E-state index contributed by atoms with van der Waals surface area (Å²) in [4.78, 5) is 0. The van der Waals surface area contributed by atoms with Crippen molar-refractivity contribution in [2.45, 2.75) is 32.6 Å². The fraction of sp³-hybridized carbons (Fsp3) is 0.500. The molecular formula is C12H17ClO. The highest BCUT2D eigenvalue weighted by atomic mass is 35.5. The predicted octanol–water partition coefficient (Wildman–Crippen LogP) is 3.56. The van der Waals surface area contributed by atoms with Gasteiger partial charge >= 0.3 is 0 Å². The van der Waals surface area contributed by atoms with E-state index in [4.69, 9.17) is 16.7 Å². The highest BCUT2D eigenvalue weighted by Gasteiger charge is 2.13. The summed E-state index contributed by atoms with van der Waals surface area (Å²) in [6.07, 6.45) is 0. The molecule has 0 amide bonds. The van der Waals surface area contributed by atoms with E-state index in [9.17, 15) is 0 Å². The number of hydrogen-bond acceptors (Lipinski definition) is 1. The number of hydrogen-bond donors (Lipinski definition) is 1. The van der Waals surface area contributed by atoms with E-state index in [0.717, 1.165) is 16.1 Å². The van der Waals surface area contributed by atoms with Crippen molar-refractivity contribution in [2.75, 3.05) is 6.61 Å². The Morgan fingerprint density at radius 1 is 1.21 bits per heavy atom. The summed E-state index contributed by atoms with van der Waals surface area (Å²) in [5.74, 6) is 0.537. The molecule has 2 heteroatoms. The van der Waals surface area contributed by atoms with Crippen molar-refractivity contribution in [3.05, 3.63) is 34.3 Å². The number of halogens is 1. The van der Waals surface area contributed by atoms with E-state index in [1.165, 1.54) is 0 Å². The second kappa shape index (κ2) is 4.81. The minimum atomic E-state index is 0.112. The standard InChI is InChI=1S/C12H17ClO/c1-8(2)10-5-4-6-11(12(10)13)9(3)7-14/h4-6,8-9,14H,7H2,1-3H3. The Morgan fingerprint density at radius 3 is 2.29 bits per heavy atom. The van der Waals surface area contributed by atoms with Gasteiger partial charge in [-0.05, 0) is 17.0 Å². The Balaban J connectivity index is 3.13. The van der Waals surface area contributed by atoms with Crippen molar-refractivity contribution < 1.29 is 5.11 Å². The molecule has 1 N–H and O–H groups in total. The summed E-state index contributed by atoms with van der Waals surface area (Å²) in [6.45, 7) is 6.36. The van der Waals surface area contributed by atoms with E-state index >= 15 is 0 Å². The lowest BCUT2D eigenvalue weighted by Gasteiger charge is -2.15. The molecule has 0 heterocycles. The molecule has 78 valence electrons. The van der Waals surface area contributed by atoms with Crippen molar-refractivity contribution >= 4 is 11.6 Å². The molecule has 1 aromatic carbocycles. The summed E-state index contributed by atoms with van der Waals surface area (Å²) < 4.78 is 0. The lowest BCUT2D eigenvalue weighted by molar-refractivity contribution is 0.273. The average molecular weight is 213 g/mol. The van der Waals surface area contributed by atoms with Crippen LogP contribution >= 0.6 is 11.6 Å². The van der Waals surface area contributed by atoms with E-state index in [1.807, 2.05) is 25.1 Å². The van der Waals surface area contributed by atoms with E-state index in [-0.39, 0.29) is 12.5 Å². The van der Waals surface area contributed by atoms with Gasteiger partial charge in [0, 0.05) is 17.5 Å². The second-order valence-electron chi connectivity index (χ2n) is 3.99. The van der Waals surface area contributed by atoms with Crippen LogP contribution in [0.1, 0.15) is 43.7 Å². The van der Waals surface area contributed by atoms with E-state index in [0.29, 0.717) is 5.92 Å². The maximum Gasteiger partial charge on any atom is 0.0497 e. The SMILES string of the molecule is CC(C)c1cccc(C(C)CO)c1Cl. The van der Waals surface area contributed by atoms with Gasteiger partial charge in [0.1, 0.15) is 0 Å². The van der Waals surface area contributed by atoms with Crippen molar-refractivity contribution in [3.63, 3.8) is 0 Å². The number of aliphatic hydroxyl groups is 1. The van der Waals surface area contributed by atoms with Crippen LogP contribution in [0, 0.1) is 0 Å². The van der Waals surface area contributed by atoms with Gasteiger partial charge in [0.15, 0.2) is 0 Å². The molecule has 0 aromatic heterocycles. The predicted molar refractivity (Wildman–Crippen MR) is 61.0 cm³/mol. The minimum absolute atomic E-state index is 0.112. The first-order chi connectivity index (χ1) is 6.57. The quantitative estimate of drug-likeness (QED) is 0.813. The molecular weight excluding hydrogens is 196 g/mol. The minimum Gasteiger partial charge on any atom is -0.396 e. The van der Waals surface area contributed by atoms with Crippen LogP contribution in [0.5, 0.6) is 0 Å². The van der Waals surface area contributed by atoms with Crippen molar-refractivity contribution in [1.29, 1.82) is 0 Å². The molecule has 1 atom stereocenters. The zero-order chi connectivity index (χ0) is 10.7. The molecule has 0 aliphatic rings. The van der Waals surface area contributed by atoms with Crippen LogP contribution in [0.15, 0.2) is 18.2 Å². The Labute approximate surface area is 90.7 Å². The lowest BCUT2D eigenvalue weighted by Crippen LogP contribution is -2.02. The second-order valence-corrected chi connectivity index (χ2v) is 4.37. The maximum atomic E-state index is 9.08. The largest absolute Gasteiger partial charge is 0.396 e. The van der Waals surface area contributed by atoms with E-state index in [1.54, 1.807) is 0 Å². The van der Waals surface area contributed by atoms with Crippen LogP contribution < -0.4 is 0 Å². The van der Waals surface area contributed by atoms with Crippen molar-refractivity contribution in [2.24, 2.45) is 0 Å². The van der Waals surface area contributed by atoms with Crippen LogP contribution in [-0.2, 0) is 0 Å². The molecule has 0 fully saturated rings. The monoisotopic (exact) mass is 212 g/mol. The van der Waals surface area contributed by atoms with Crippen LogP contribution in [0.25, 0.3) is 0 Å². The molecule has 1 unspecified atom stereocenters. The van der Waals surface area contributed by atoms with Gasteiger partial charge in [-0.3, -0.25) is 0 Å². The first kappa shape index (κ1) is 11.5. The molecule has 0 saturated heterocycles.